The number of urea groups is 1. The molecule has 90 valence electrons. The monoisotopic (exact) mass is 226 g/mol. The lowest BCUT2D eigenvalue weighted by Gasteiger charge is -2.24. The standard InChI is InChI=1S/C10H18N4O2/c11-6-8-2-1-3-13(8)4-5-14-9(15)7-12-10(14)16/h8H,1-7,11H2,(H,12,16). The molecule has 1 atom stereocenters. The highest BCUT2D eigenvalue weighted by Crippen LogP contribution is 2.15. The number of carbonyl (C=O) groups excluding carboxylic acids is 2. The Morgan fingerprint density at radius 2 is 2.19 bits per heavy atom. The van der Waals surface area contributed by atoms with E-state index in [1.165, 1.54) is 4.90 Å². The van der Waals surface area contributed by atoms with Gasteiger partial charge in [-0.2, -0.15) is 0 Å². The molecule has 2 fully saturated rings. The molecule has 2 aliphatic rings. The Bertz CT molecular complexity index is 279. The van der Waals surface area contributed by atoms with Crippen molar-refractivity contribution in [2.45, 2.75) is 18.9 Å². The van der Waals surface area contributed by atoms with Crippen LogP contribution in [0.1, 0.15) is 12.8 Å². The van der Waals surface area contributed by atoms with E-state index in [4.69, 9.17) is 5.73 Å². The molecular formula is C10H18N4O2. The van der Waals surface area contributed by atoms with Crippen LogP contribution in [0.3, 0.4) is 0 Å². The third-order valence-corrected chi connectivity index (χ3v) is 3.32. The minimum atomic E-state index is -0.270. The number of hydrogen-bond acceptors (Lipinski definition) is 4. The Hall–Kier alpha value is -1.14. The highest BCUT2D eigenvalue weighted by atomic mass is 16.2. The van der Waals surface area contributed by atoms with Crippen molar-refractivity contribution in [1.29, 1.82) is 0 Å². The summed E-state index contributed by atoms with van der Waals surface area (Å²) in [6, 6.07) is 0.147. The summed E-state index contributed by atoms with van der Waals surface area (Å²) < 4.78 is 0. The SMILES string of the molecule is NCC1CCCN1CCN1C(=O)CNC1=O. The fraction of sp³-hybridized carbons (Fsp3) is 0.800. The molecule has 6 nitrogen and oxygen atoms in total. The van der Waals surface area contributed by atoms with Crippen molar-refractivity contribution in [1.82, 2.24) is 15.1 Å². The van der Waals surface area contributed by atoms with E-state index in [-0.39, 0.29) is 18.5 Å². The van der Waals surface area contributed by atoms with Crippen LogP contribution in [0.5, 0.6) is 0 Å². The molecule has 0 spiro atoms. The van der Waals surface area contributed by atoms with Crippen molar-refractivity contribution in [2.75, 3.05) is 32.7 Å². The van der Waals surface area contributed by atoms with Gasteiger partial charge in [0.15, 0.2) is 0 Å². The van der Waals surface area contributed by atoms with Crippen molar-refractivity contribution in [3.05, 3.63) is 0 Å². The maximum absolute atomic E-state index is 11.3. The molecular weight excluding hydrogens is 208 g/mol. The topological polar surface area (TPSA) is 78.7 Å². The number of nitrogens with two attached hydrogens (primary N) is 1. The predicted molar refractivity (Wildman–Crippen MR) is 58.8 cm³/mol. The summed E-state index contributed by atoms with van der Waals surface area (Å²) >= 11 is 0. The van der Waals surface area contributed by atoms with Crippen molar-refractivity contribution in [3.8, 4) is 0 Å². The predicted octanol–water partition coefficient (Wildman–Crippen LogP) is -1.04. The summed E-state index contributed by atoms with van der Waals surface area (Å²) in [6.45, 7) is 3.02. The second-order valence-corrected chi connectivity index (χ2v) is 4.27. The molecule has 6 heteroatoms. The highest BCUT2D eigenvalue weighted by molar-refractivity contribution is 6.01. The van der Waals surface area contributed by atoms with E-state index in [2.05, 4.69) is 10.2 Å². The lowest BCUT2D eigenvalue weighted by Crippen LogP contribution is -2.42. The number of amides is 3. The van der Waals surface area contributed by atoms with E-state index < -0.39 is 0 Å². The molecule has 1 unspecified atom stereocenters. The van der Waals surface area contributed by atoms with Crippen LogP contribution in [0.25, 0.3) is 0 Å². The highest BCUT2D eigenvalue weighted by Gasteiger charge is 2.30. The van der Waals surface area contributed by atoms with Gasteiger partial charge in [-0.05, 0) is 19.4 Å². The summed E-state index contributed by atoms with van der Waals surface area (Å²) in [6.07, 6.45) is 2.28. The lowest BCUT2D eigenvalue weighted by atomic mass is 10.2. The van der Waals surface area contributed by atoms with E-state index in [1.54, 1.807) is 0 Å². The van der Waals surface area contributed by atoms with Gasteiger partial charge in [0.1, 0.15) is 0 Å². The second-order valence-electron chi connectivity index (χ2n) is 4.27. The Morgan fingerprint density at radius 3 is 2.81 bits per heavy atom. The van der Waals surface area contributed by atoms with E-state index in [9.17, 15) is 9.59 Å². The van der Waals surface area contributed by atoms with Gasteiger partial charge in [0.25, 0.3) is 0 Å². The molecule has 0 aromatic rings. The molecule has 3 N–H and O–H groups in total. The molecule has 0 radical (unpaired) electrons. The third-order valence-electron chi connectivity index (χ3n) is 3.32. The van der Waals surface area contributed by atoms with Crippen LogP contribution in [-0.2, 0) is 4.79 Å². The minimum absolute atomic E-state index is 0.131. The first kappa shape index (κ1) is 11.3. The number of nitrogens with one attached hydrogen (secondary N) is 1. The van der Waals surface area contributed by atoms with Crippen molar-refractivity contribution in [2.24, 2.45) is 5.73 Å². The van der Waals surface area contributed by atoms with Crippen LogP contribution in [0.2, 0.25) is 0 Å². The van der Waals surface area contributed by atoms with Crippen LogP contribution in [-0.4, -0.2) is 60.5 Å². The van der Waals surface area contributed by atoms with Gasteiger partial charge < -0.3 is 11.1 Å². The maximum Gasteiger partial charge on any atom is 0.324 e. The molecule has 0 aromatic carbocycles. The largest absolute Gasteiger partial charge is 0.329 e. The molecule has 0 aliphatic carbocycles. The molecule has 0 saturated carbocycles. The molecule has 2 saturated heterocycles. The molecule has 2 aliphatic heterocycles. The molecule has 0 bridgehead atoms. The molecule has 16 heavy (non-hydrogen) atoms. The lowest BCUT2D eigenvalue weighted by molar-refractivity contribution is -0.125. The van der Waals surface area contributed by atoms with Crippen LogP contribution in [0.15, 0.2) is 0 Å². The zero-order valence-corrected chi connectivity index (χ0v) is 9.32. The van der Waals surface area contributed by atoms with Gasteiger partial charge in [0, 0.05) is 25.7 Å². The van der Waals surface area contributed by atoms with E-state index >= 15 is 0 Å². The van der Waals surface area contributed by atoms with E-state index in [0.717, 1.165) is 25.9 Å². The average molecular weight is 226 g/mol. The third kappa shape index (κ3) is 2.17. The van der Waals surface area contributed by atoms with Gasteiger partial charge in [0.2, 0.25) is 5.91 Å². The first-order chi connectivity index (χ1) is 7.72. The number of nitrogens with zero attached hydrogens (tertiary/aromatic N) is 2. The Kier molecular flexibility index (Phi) is 3.40. The summed E-state index contributed by atoms with van der Waals surface area (Å²) in [5.74, 6) is -0.131. The van der Waals surface area contributed by atoms with Gasteiger partial charge in [-0.25, -0.2) is 4.79 Å². The smallest absolute Gasteiger partial charge is 0.324 e. The Balaban J connectivity index is 1.82. The number of rotatable bonds is 4. The first-order valence-electron chi connectivity index (χ1n) is 5.74. The summed E-state index contributed by atoms with van der Waals surface area (Å²) in [4.78, 5) is 26.2. The quantitative estimate of drug-likeness (QED) is 0.600. The van der Waals surface area contributed by atoms with Crippen LogP contribution >= 0.6 is 0 Å². The molecule has 2 heterocycles. The van der Waals surface area contributed by atoms with Gasteiger partial charge >= 0.3 is 6.03 Å². The van der Waals surface area contributed by atoms with Gasteiger partial charge in [-0.3, -0.25) is 14.6 Å². The van der Waals surface area contributed by atoms with Crippen LogP contribution < -0.4 is 11.1 Å². The summed E-state index contributed by atoms with van der Waals surface area (Å²) in [5.41, 5.74) is 5.66. The van der Waals surface area contributed by atoms with Crippen LogP contribution in [0.4, 0.5) is 4.79 Å². The normalized spacial score (nSPS) is 26.6. The fourth-order valence-electron chi connectivity index (χ4n) is 2.37. The number of carbonyl (C=O) groups is 2. The second kappa shape index (κ2) is 4.80. The number of likely N-dealkylation sites (tertiary alicyclic amines) is 1. The van der Waals surface area contributed by atoms with Gasteiger partial charge in [0.05, 0.1) is 6.54 Å². The Labute approximate surface area is 94.7 Å². The van der Waals surface area contributed by atoms with E-state index in [0.29, 0.717) is 19.1 Å². The first-order valence-corrected chi connectivity index (χ1v) is 5.74. The molecule has 2 rings (SSSR count). The van der Waals surface area contributed by atoms with Gasteiger partial charge in [-0.1, -0.05) is 0 Å². The van der Waals surface area contributed by atoms with Crippen LogP contribution in [0, 0.1) is 0 Å². The molecule has 0 aromatic heterocycles. The minimum Gasteiger partial charge on any atom is -0.329 e. The average Bonchev–Trinajstić information content (AvgIpc) is 2.84. The molecule has 3 amide bonds. The maximum atomic E-state index is 11.3. The Morgan fingerprint density at radius 1 is 1.38 bits per heavy atom. The zero-order chi connectivity index (χ0) is 11.5. The number of imide groups is 1. The summed E-state index contributed by atoms with van der Waals surface area (Å²) in [7, 11) is 0. The fourth-order valence-corrected chi connectivity index (χ4v) is 2.37. The van der Waals surface area contributed by atoms with Crippen molar-refractivity contribution in [3.63, 3.8) is 0 Å². The zero-order valence-electron chi connectivity index (χ0n) is 9.32. The van der Waals surface area contributed by atoms with E-state index in [1.807, 2.05) is 0 Å². The van der Waals surface area contributed by atoms with Crippen molar-refractivity contribution >= 4 is 11.9 Å². The summed E-state index contributed by atoms with van der Waals surface area (Å²) in [5, 5.41) is 2.51. The van der Waals surface area contributed by atoms with Gasteiger partial charge in [-0.15, -0.1) is 0 Å². The van der Waals surface area contributed by atoms with Crippen molar-refractivity contribution < 1.29 is 9.59 Å². The number of hydrogen-bond donors (Lipinski definition) is 2.